The zero-order chi connectivity index (χ0) is 20.3. The number of aliphatic hydroxyl groups is 2. The van der Waals surface area contributed by atoms with Crippen molar-refractivity contribution in [1.29, 1.82) is 0 Å². The van der Waals surface area contributed by atoms with E-state index >= 15 is 0 Å². The molecule has 3 aliphatic carbocycles. The van der Waals surface area contributed by atoms with Gasteiger partial charge in [-0.05, 0) is 67.1 Å². The predicted molar refractivity (Wildman–Crippen MR) is 85.3 cm³/mol. The van der Waals surface area contributed by atoms with Gasteiger partial charge in [0.25, 0.3) is 0 Å². The molecule has 0 spiro atoms. The van der Waals surface area contributed by atoms with E-state index in [0.717, 1.165) is 38.0 Å². The van der Waals surface area contributed by atoms with E-state index < -0.39 is 29.5 Å². The van der Waals surface area contributed by atoms with Crippen molar-refractivity contribution < 1.29 is 36.6 Å². The lowest BCUT2D eigenvalue weighted by Gasteiger charge is -2.46. The number of hydrogen-bond acceptors (Lipinski definition) is 2. The molecule has 0 aliphatic heterocycles. The summed E-state index contributed by atoms with van der Waals surface area (Å²) in [4.78, 5) is 0. The molecule has 0 saturated heterocycles. The fourth-order valence-corrected chi connectivity index (χ4v) is 5.61. The Morgan fingerprint density at radius 2 is 1.56 bits per heavy atom. The van der Waals surface area contributed by atoms with E-state index in [1.165, 1.54) is 0 Å². The van der Waals surface area contributed by atoms with Gasteiger partial charge in [-0.2, -0.15) is 26.3 Å². The van der Waals surface area contributed by atoms with Gasteiger partial charge >= 0.3 is 18.0 Å². The number of rotatable bonds is 2. The number of halogens is 6. The van der Waals surface area contributed by atoms with Gasteiger partial charge in [0.15, 0.2) is 0 Å². The van der Waals surface area contributed by atoms with Crippen molar-refractivity contribution in [3.63, 3.8) is 0 Å². The third kappa shape index (κ3) is 3.25. The Labute approximate surface area is 154 Å². The van der Waals surface area contributed by atoms with Gasteiger partial charge in [-0.3, -0.25) is 0 Å². The van der Waals surface area contributed by atoms with Gasteiger partial charge in [0.1, 0.15) is 0 Å². The minimum absolute atomic E-state index is 0.0927. The molecule has 4 atom stereocenters. The molecule has 3 aliphatic rings. The molecule has 2 nitrogen and oxygen atoms in total. The molecule has 3 rings (SSSR count). The van der Waals surface area contributed by atoms with Crippen LogP contribution in [0.2, 0.25) is 0 Å². The average molecular weight is 398 g/mol. The van der Waals surface area contributed by atoms with Crippen LogP contribution in [0.3, 0.4) is 0 Å². The zero-order valence-corrected chi connectivity index (χ0v) is 15.1. The van der Waals surface area contributed by atoms with E-state index in [9.17, 15) is 36.6 Å². The first-order chi connectivity index (χ1) is 12.3. The molecule has 3 fully saturated rings. The number of aliphatic hydroxyl groups excluding tert-OH is 1. The minimum atomic E-state index is -5.91. The van der Waals surface area contributed by atoms with Crippen molar-refractivity contribution in [1.82, 2.24) is 0 Å². The Hall–Kier alpha value is -0.940. The highest BCUT2D eigenvalue weighted by Gasteiger charge is 2.70. The molecule has 0 aromatic rings. The fraction of sp³-hybridized carbons (Fsp3) is 0.895. The van der Waals surface area contributed by atoms with Gasteiger partial charge in [0.05, 0.1) is 6.10 Å². The smallest absolute Gasteiger partial charge is 0.393 e. The second kappa shape index (κ2) is 6.28. The number of hydrogen-bond donors (Lipinski definition) is 2. The molecule has 0 amide bonds. The highest BCUT2D eigenvalue weighted by molar-refractivity contribution is 5.24. The lowest BCUT2D eigenvalue weighted by Crippen LogP contribution is -2.55. The van der Waals surface area contributed by atoms with Gasteiger partial charge in [-0.25, -0.2) is 0 Å². The zero-order valence-electron chi connectivity index (χ0n) is 15.1. The topological polar surface area (TPSA) is 40.5 Å². The van der Waals surface area contributed by atoms with E-state index in [-0.39, 0.29) is 23.7 Å². The third-order valence-electron chi connectivity index (χ3n) is 7.25. The number of fused-ring (bicyclic) bond motifs is 1. The largest absolute Gasteiger partial charge is 0.438 e. The molecule has 0 aromatic carbocycles. The first-order valence-corrected chi connectivity index (χ1v) is 9.31. The molecular formula is C19H24F6O2. The maximum absolute atomic E-state index is 12.8. The van der Waals surface area contributed by atoms with Gasteiger partial charge in [0.2, 0.25) is 0 Å². The van der Waals surface area contributed by atoms with E-state index in [1.54, 1.807) is 0 Å². The molecule has 8 heteroatoms. The van der Waals surface area contributed by atoms with Gasteiger partial charge in [-0.15, -0.1) is 0 Å². The summed E-state index contributed by atoms with van der Waals surface area (Å²) >= 11 is 0. The van der Waals surface area contributed by atoms with Crippen LogP contribution in [0.4, 0.5) is 26.3 Å². The van der Waals surface area contributed by atoms with Crippen LogP contribution in [0.15, 0.2) is 0 Å². The minimum Gasteiger partial charge on any atom is -0.393 e. The Kier molecular flexibility index (Phi) is 4.84. The standard InChI is InChI=1S/C19H24F6O2/c1-15-7-2-4-13(26)12(15)5-6-14(15)16(10-11-16)8-3-9-17(27,18(20,21)22)19(23,24)25/h12-14,26-27H,2,4-8,10-11H2,1H3/t12-,13-,14-,15-/m0/s1. The molecule has 0 unspecified atom stereocenters. The molecule has 0 heterocycles. The van der Waals surface area contributed by atoms with Crippen LogP contribution in [0.1, 0.15) is 58.3 Å². The molecule has 3 saturated carbocycles. The summed E-state index contributed by atoms with van der Waals surface area (Å²) in [5, 5.41) is 19.5. The Bertz CT molecular complexity index is 625. The van der Waals surface area contributed by atoms with Crippen molar-refractivity contribution in [2.45, 2.75) is 82.3 Å². The Balaban J connectivity index is 1.80. The maximum Gasteiger partial charge on any atom is 0.438 e. The fourth-order valence-electron chi connectivity index (χ4n) is 5.61. The summed E-state index contributed by atoms with van der Waals surface area (Å²) in [5.74, 6) is 3.39. The molecule has 0 radical (unpaired) electrons. The summed E-state index contributed by atoms with van der Waals surface area (Å²) in [7, 11) is 0. The van der Waals surface area contributed by atoms with Crippen molar-refractivity contribution in [2.24, 2.45) is 22.7 Å². The number of alkyl halides is 6. The molecular weight excluding hydrogens is 374 g/mol. The van der Waals surface area contributed by atoms with Gasteiger partial charge in [-0.1, -0.05) is 19.3 Å². The quantitative estimate of drug-likeness (QED) is 0.528. The highest BCUT2D eigenvalue weighted by atomic mass is 19.4. The van der Waals surface area contributed by atoms with Crippen LogP contribution in [0.25, 0.3) is 0 Å². The summed E-state index contributed by atoms with van der Waals surface area (Å²) in [6.07, 6.45) is -6.74. The molecule has 154 valence electrons. The maximum atomic E-state index is 12.8. The van der Waals surface area contributed by atoms with Crippen LogP contribution in [0.5, 0.6) is 0 Å². The van der Waals surface area contributed by atoms with Crippen LogP contribution >= 0.6 is 0 Å². The summed E-state index contributed by atoms with van der Waals surface area (Å²) in [5.41, 5.74) is -5.55. The van der Waals surface area contributed by atoms with E-state index in [0.29, 0.717) is 12.8 Å². The van der Waals surface area contributed by atoms with Crippen LogP contribution in [-0.2, 0) is 0 Å². The van der Waals surface area contributed by atoms with E-state index in [1.807, 2.05) is 5.92 Å². The van der Waals surface area contributed by atoms with E-state index in [4.69, 9.17) is 0 Å². The van der Waals surface area contributed by atoms with Crippen molar-refractivity contribution >= 4 is 0 Å². The third-order valence-corrected chi connectivity index (χ3v) is 7.25. The molecule has 0 bridgehead atoms. The summed E-state index contributed by atoms with van der Waals surface area (Å²) in [6, 6.07) is 0. The predicted octanol–water partition coefficient (Wildman–Crippen LogP) is 4.59. The van der Waals surface area contributed by atoms with Crippen LogP contribution < -0.4 is 0 Å². The normalized spacial score (nSPS) is 36.0. The van der Waals surface area contributed by atoms with Gasteiger partial charge in [0, 0.05) is 6.42 Å². The van der Waals surface area contributed by atoms with Crippen LogP contribution in [0, 0.1) is 34.5 Å². The lowest BCUT2D eigenvalue weighted by molar-refractivity contribution is -0.343. The first kappa shape index (κ1) is 20.8. The Morgan fingerprint density at radius 1 is 0.963 bits per heavy atom. The molecule has 0 aromatic heterocycles. The molecule has 27 heavy (non-hydrogen) atoms. The highest BCUT2D eigenvalue weighted by Crippen LogP contribution is 2.68. The van der Waals surface area contributed by atoms with Crippen molar-refractivity contribution in [3.8, 4) is 11.8 Å². The SMILES string of the molecule is C[C@]12CCC[C@H](O)[C@@H]1CC[C@@H]2C1(CC#CC(O)(C(F)(F)F)C(F)(F)F)CC1. The summed E-state index contributed by atoms with van der Waals surface area (Å²) in [6.45, 7) is 2.09. The Morgan fingerprint density at radius 3 is 2.07 bits per heavy atom. The molecule has 2 N–H and O–H groups in total. The van der Waals surface area contributed by atoms with Gasteiger partial charge < -0.3 is 10.2 Å². The van der Waals surface area contributed by atoms with Crippen molar-refractivity contribution in [2.75, 3.05) is 0 Å². The van der Waals surface area contributed by atoms with Crippen molar-refractivity contribution in [3.05, 3.63) is 0 Å². The summed E-state index contributed by atoms with van der Waals surface area (Å²) < 4.78 is 76.6. The second-order valence-electron chi connectivity index (χ2n) is 8.75. The first-order valence-electron chi connectivity index (χ1n) is 9.31. The van der Waals surface area contributed by atoms with E-state index in [2.05, 4.69) is 6.92 Å². The monoisotopic (exact) mass is 398 g/mol. The lowest BCUT2D eigenvalue weighted by atomic mass is 9.60. The second-order valence-corrected chi connectivity index (χ2v) is 8.75. The van der Waals surface area contributed by atoms with Crippen LogP contribution in [-0.4, -0.2) is 34.3 Å². The average Bonchev–Trinajstić information content (AvgIpc) is 3.19.